The number of rotatable bonds is 3. The number of aromatic amines is 1. The molecular formula is C21H29N5O. The van der Waals surface area contributed by atoms with Gasteiger partial charge in [0.25, 0.3) is 0 Å². The molecule has 0 spiro atoms. The van der Waals surface area contributed by atoms with Crippen LogP contribution in [0, 0.1) is 0 Å². The largest absolute Gasteiger partial charge is 0.323 e. The van der Waals surface area contributed by atoms with Gasteiger partial charge in [-0.15, -0.1) is 0 Å². The molecule has 144 valence electrons. The molecule has 1 aliphatic heterocycles. The lowest BCUT2D eigenvalue weighted by atomic mass is 9.94. The number of amides is 2. The third kappa shape index (κ3) is 4.50. The minimum atomic E-state index is 0.00209. The van der Waals surface area contributed by atoms with Gasteiger partial charge in [-0.2, -0.15) is 5.10 Å². The first-order chi connectivity index (χ1) is 13.3. The number of urea groups is 1. The number of carbonyl (C=O) groups excluding carboxylic acids is 1. The molecule has 27 heavy (non-hydrogen) atoms. The molecule has 0 atom stereocenters. The van der Waals surface area contributed by atoms with Crippen LogP contribution < -0.4 is 5.32 Å². The normalized spacial score (nSPS) is 19.6. The zero-order chi connectivity index (χ0) is 18.5. The Balaban J connectivity index is 1.35. The van der Waals surface area contributed by atoms with E-state index in [1.165, 1.54) is 32.1 Å². The van der Waals surface area contributed by atoms with Gasteiger partial charge in [0, 0.05) is 49.7 Å². The molecule has 1 aromatic carbocycles. The molecule has 1 aromatic heterocycles. The van der Waals surface area contributed by atoms with Gasteiger partial charge < -0.3 is 10.2 Å². The van der Waals surface area contributed by atoms with E-state index < -0.39 is 0 Å². The second-order valence-electron chi connectivity index (χ2n) is 7.65. The van der Waals surface area contributed by atoms with Gasteiger partial charge in [0.2, 0.25) is 0 Å². The van der Waals surface area contributed by atoms with Crippen LogP contribution in [0.25, 0.3) is 11.3 Å². The maximum Gasteiger partial charge on any atom is 0.321 e. The zero-order valence-electron chi connectivity index (χ0n) is 15.9. The monoisotopic (exact) mass is 367 g/mol. The molecule has 0 bridgehead atoms. The number of carbonyl (C=O) groups is 1. The molecule has 1 saturated heterocycles. The summed E-state index contributed by atoms with van der Waals surface area (Å²) in [6.07, 6.45) is 9.54. The SMILES string of the molecule is O=C(Nc1cccc(-c2ccn[nH]2)c1)N1CCCN(C2CCCCC2)CC1. The van der Waals surface area contributed by atoms with Gasteiger partial charge in [0.15, 0.2) is 0 Å². The number of hydrogen-bond donors (Lipinski definition) is 2. The lowest BCUT2D eigenvalue weighted by Gasteiger charge is -2.33. The molecule has 2 aliphatic rings. The number of benzene rings is 1. The second kappa shape index (κ2) is 8.57. The van der Waals surface area contributed by atoms with E-state index in [9.17, 15) is 4.79 Å². The van der Waals surface area contributed by atoms with Crippen molar-refractivity contribution in [1.29, 1.82) is 0 Å². The van der Waals surface area contributed by atoms with Crippen molar-refractivity contribution in [1.82, 2.24) is 20.0 Å². The molecular weight excluding hydrogens is 338 g/mol. The number of nitrogens with one attached hydrogen (secondary N) is 2. The summed E-state index contributed by atoms with van der Waals surface area (Å²) in [6, 6.07) is 10.5. The summed E-state index contributed by atoms with van der Waals surface area (Å²) >= 11 is 0. The Kier molecular flexibility index (Phi) is 5.72. The van der Waals surface area contributed by atoms with E-state index >= 15 is 0 Å². The maximum absolute atomic E-state index is 12.8. The van der Waals surface area contributed by atoms with Crippen LogP contribution in [-0.4, -0.2) is 58.2 Å². The van der Waals surface area contributed by atoms with Crippen LogP contribution in [0.5, 0.6) is 0 Å². The van der Waals surface area contributed by atoms with Crippen molar-refractivity contribution in [2.75, 3.05) is 31.5 Å². The van der Waals surface area contributed by atoms with Gasteiger partial charge in [-0.05, 0) is 37.5 Å². The lowest BCUT2D eigenvalue weighted by Crippen LogP contribution is -2.41. The first kappa shape index (κ1) is 18.0. The van der Waals surface area contributed by atoms with Crippen LogP contribution in [0.4, 0.5) is 10.5 Å². The Morgan fingerprint density at radius 2 is 1.93 bits per heavy atom. The summed E-state index contributed by atoms with van der Waals surface area (Å²) in [5.74, 6) is 0. The van der Waals surface area contributed by atoms with Gasteiger partial charge in [0.1, 0.15) is 0 Å². The van der Waals surface area contributed by atoms with Crippen molar-refractivity contribution < 1.29 is 4.79 Å². The summed E-state index contributed by atoms with van der Waals surface area (Å²) in [4.78, 5) is 17.4. The Bertz CT molecular complexity index is 739. The highest BCUT2D eigenvalue weighted by Gasteiger charge is 2.25. The summed E-state index contributed by atoms with van der Waals surface area (Å²) in [5.41, 5.74) is 2.79. The summed E-state index contributed by atoms with van der Waals surface area (Å²) in [6.45, 7) is 3.74. The molecule has 2 fully saturated rings. The highest BCUT2D eigenvalue weighted by molar-refractivity contribution is 5.90. The third-order valence-corrected chi connectivity index (χ3v) is 5.83. The van der Waals surface area contributed by atoms with Crippen LogP contribution in [0.2, 0.25) is 0 Å². The number of hydrogen-bond acceptors (Lipinski definition) is 3. The standard InChI is InChI=1S/C21H29N5O/c27-21(23-18-7-4-6-17(16-18)20-10-11-22-24-20)26-13-5-12-25(14-15-26)19-8-2-1-3-9-19/h4,6-7,10-11,16,19H,1-3,5,8-9,12-15H2,(H,22,24)(H,23,27). The average molecular weight is 367 g/mol. The van der Waals surface area contributed by atoms with E-state index in [1.807, 2.05) is 35.2 Å². The van der Waals surface area contributed by atoms with Gasteiger partial charge in [-0.1, -0.05) is 31.4 Å². The average Bonchev–Trinajstić information content (AvgIpc) is 3.13. The van der Waals surface area contributed by atoms with E-state index in [4.69, 9.17) is 0 Å². The predicted molar refractivity (Wildman–Crippen MR) is 108 cm³/mol. The van der Waals surface area contributed by atoms with Crippen molar-refractivity contribution in [3.8, 4) is 11.3 Å². The maximum atomic E-state index is 12.8. The van der Waals surface area contributed by atoms with Crippen LogP contribution in [0.15, 0.2) is 36.5 Å². The zero-order valence-corrected chi connectivity index (χ0v) is 15.9. The number of nitrogens with zero attached hydrogens (tertiary/aromatic N) is 3. The highest BCUT2D eigenvalue weighted by Crippen LogP contribution is 2.24. The van der Waals surface area contributed by atoms with Gasteiger partial charge >= 0.3 is 6.03 Å². The number of anilines is 1. The van der Waals surface area contributed by atoms with Gasteiger partial charge in [-0.25, -0.2) is 4.79 Å². The molecule has 4 rings (SSSR count). The molecule has 2 N–H and O–H groups in total. The molecule has 6 heteroatoms. The van der Waals surface area contributed by atoms with Gasteiger partial charge in [-0.3, -0.25) is 10.00 Å². The Morgan fingerprint density at radius 1 is 1.04 bits per heavy atom. The van der Waals surface area contributed by atoms with E-state index in [0.29, 0.717) is 0 Å². The fourth-order valence-corrected chi connectivity index (χ4v) is 4.34. The van der Waals surface area contributed by atoms with E-state index in [-0.39, 0.29) is 6.03 Å². The lowest BCUT2D eigenvalue weighted by molar-refractivity contribution is 0.160. The first-order valence-corrected chi connectivity index (χ1v) is 10.2. The smallest absolute Gasteiger partial charge is 0.321 e. The summed E-state index contributed by atoms with van der Waals surface area (Å²) < 4.78 is 0. The first-order valence-electron chi connectivity index (χ1n) is 10.2. The summed E-state index contributed by atoms with van der Waals surface area (Å²) in [7, 11) is 0. The van der Waals surface area contributed by atoms with Gasteiger partial charge in [0.05, 0.1) is 5.69 Å². The van der Waals surface area contributed by atoms with Crippen LogP contribution >= 0.6 is 0 Å². The second-order valence-corrected chi connectivity index (χ2v) is 7.65. The predicted octanol–water partition coefficient (Wildman–Crippen LogP) is 3.95. The Morgan fingerprint density at radius 3 is 2.74 bits per heavy atom. The van der Waals surface area contributed by atoms with E-state index in [0.717, 1.165) is 55.6 Å². The molecule has 0 radical (unpaired) electrons. The molecule has 1 saturated carbocycles. The topological polar surface area (TPSA) is 64.3 Å². The van der Waals surface area contributed by atoms with E-state index in [1.54, 1.807) is 6.20 Å². The molecule has 1 aliphatic carbocycles. The van der Waals surface area contributed by atoms with Crippen molar-refractivity contribution in [3.63, 3.8) is 0 Å². The fraction of sp³-hybridized carbons (Fsp3) is 0.524. The third-order valence-electron chi connectivity index (χ3n) is 5.83. The molecule has 2 amide bonds. The number of H-pyrrole nitrogens is 1. The minimum absolute atomic E-state index is 0.00209. The van der Waals surface area contributed by atoms with Crippen LogP contribution in [0.3, 0.4) is 0 Å². The quantitative estimate of drug-likeness (QED) is 0.863. The highest BCUT2D eigenvalue weighted by atomic mass is 16.2. The molecule has 2 heterocycles. The van der Waals surface area contributed by atoms with Crippen molar-refractivity contribution in [3.05, 3.63) is 36.5 Å². The Hall–Kier alpha value is -2.34. The molecule has 2 aromatic rings. The molecule has 0 unspecified atom stereocenters. The van der Waals surface area contributed by atoms with Crippen molar-refractivity contribution >= 4 is 11.7 Å². The van der Waals surface area contributed by atoms with E-state index in [2.05, 4.69) is 20.4 Å². The van der Waals surface area contributed by atoms with Crippen molar-refractivity contribution in [2.24, 2.45) is 0 Å². The Labute approximate surface area is 160 Å². The van der Waals surface area contributed by atoms with Crippen LogP contribution in [0.1, 0.15) is 38.5 Å². The fourth-order valence-electron chi connectivity index (χ4n) is 4.34. The minimum Gasteiger partial charge on any atom is -0.323 e. The summed E-state index contributed by atoms with van der Waals surface area (Å²) in [5, 5.41) is 10.0. The van der Waals surface area contributed by atoms with Crippen molar-refractivity contribution in [2.45, 2.75) is 44.6 Å². The number of aromatic nitrogens is 2. The molecule has 6 nitrogen and oxygen atoms in total. The van der Waals surface area contributed by atoms with Crippen LogP contribution in [-0.2, 0) is 0 Å².